The van der Waals surface area contributed by atoms with Crippen molar-refractivity contribution in [1.29, 1.82) is 0 Å². The quantitative estimate of drug-likeness (QED) is 0.389. The van der Waals surface area contributed by atoms with Crippen LogP contribution in [-0.2, 0) is 11.2 Å². The first kappa shape index (κ1) is 21.7. The molecule has 0 saturated carbocycles. The first-order chi connectivity index (χ1) is 17.1. The second-order valence-electron chi connectivity index (χ2n) is 8.68. The number of hydrogen-bond donors (Lipinski definition) is 2. The van der Waals surface area contributed by atoms with Crippen LogP contribution >= 0.6 is 11.3 Å². The second kappa shape index (κ2) is 8.75. The summed E-state index contributed by atoms with van der Waals surface area (Å²) in [5, 5.41) is 8.24. The minimum absolute atomic E-state index is 0.418. The second-order valence-corrected chi connectivity index (χ2v) is 9.78. The lowest BCUT2D eigenvalue weighted by Gasteiger charge is -2.28. The van der Waals surface area contributed by atoms with E-state index in [1.54, 1.807) is 17.4 Å². The van der Waals surface area contributed by atoms with Gasteiger partial charge in [0.1, 0.15) is 0 Å². The Kier molecular flexibility index (Phi) is 5.43. The highest BCUT2D eigenvalue weighted by Gasteiger charge is 2.23. The molecule has 176 valence electrons. The Hall–Kier alpha value is -3.82. The highest BCUT2D eigenvalue weighted by atomic mass is 32.1. The number of aromatic amines is 1. The number of anilines is 1. The lowest BCUT2D eigenvalue weighted by atomic mass is 10.0. The fourth-order valence-corrected chi connectivity index (χ4v) is 5.88. The summed E-state index contributed by atoms with van der Waals surface area (Å²) in [6.07, 6.45) is 2.52. The summed E-state index contributed by atoms with van der Waals surface area (Å²) in [5.41, 5.74) is 11.1. The van der Waals surface area contributed by atoms with Crippen LogP contribution in [0.15, 0.2) is 48.7 Å². The molecule has 35 heavy (non-hydrogen) atoms. The number of rotatable bonds is 5. The van der Waals surface area contributed by atoms with Crippen LogP contribution in [0, 0.1) is 6.92 Å². The number of nitrogens with two attached hydrogens (primary N) is 1. The van der Waals surface area contributed by atoms with Gasteiger partial charge in [0, 0.05) is 40.9 Å². The van der Waals surface area contributed by atoms with Crippen molar-refractivity contribution in [3.8, 4) is 11.4 Å². The zero-order valence-corrected chi connectivity index (χ0v) is 20.1. The Labute approximate surface area is 205 Å². The van der Waals surface area contributed by atoms with E-state index >= 15 is 0 Å². The first-order valence-corrected chi connectivity index (χ1v) is 12.3. The number of hydrogen-bond acceptors (Lipinski definition) is 7. The third kappa shape index (κ3) is 3.92. The van der Waals surface area contributed by atoms with Crippen LogP contribution in [0.4, 0.5) is 5.82 Å². The highest BCUT2D eigenvalue weighted by Crippen LogP contribution is 2.39. The maximum atomic E-state index is 11.7. The molecule has 1 aliphatic rings. The standard InChI is InChI=1S/C26H24N6O2S/c1-15-21(13-16-4-2-5-17(12-16)24(27)33)35-23-22(15)29-25(30-26(23)32-8-10-34-11-9-32)18-6-3-7-20-19(18)14-28-31-20/h2-7,12,14H,8-11,13H2,1H3,(H2,27,33)(H,28,31). The average Bonchev–Trinajstić information content (AvgIpc) is 3.49. The minimum atomic E-state index is -0.418. The van der Waals surface area contributed by atoms with Gasteiger partial charge in [-0.15, -0.1) is 11.3 Å². The number of benzene rings is 2. The Morgan fingerprint density at radius 2 is 2.00 bits per heavy atom. The van der Waals surface area contributed by atoms with Gasteiger partial charge < -0.3 is 15.4 Å². The van der Waals surface area contributed by atoms with Crippen molar-refractivity contribution in [3.05, 3.63) is 70.2 Å². The van der Waals surface area contributed by atoms with Crippen LogP contribution in [0.1, 0.15) is 26.4 Å². The summed E-state index contributed by atoms with van der Waals surface area (Å²) in [6.45, 7) is 5.04. The van der Waals surface area contributed by atoms with E-state index in [0.717, 1.165) is 56.7 Å². The molecule has 0 atom stereocenters. The molecule has 3 aromatic heterocycles. The van der Waals surface area contributed by atoms with Gasteiger partial charge in [0.05, 0.1) is 35.1 Å². The summed E-state index contributed by atoms with van der Waals surface area (Å²) < 4.78 is 6.68. The van der Waals surface area contributed by atoms with Gasteiger partial charge in [-0.1, -0.05) is 24.3 Å². The molecule has 6 rings (SSSR count). The lowest BCUT2D eigenvalue weighted by molar-refractivity contribution is 0.1000. The number of primary amides is 1. The van der Waals surface area contributed by atoms with Crippen LogP contribution in [0.5, 0.6) is 0 Å². The molecule has 1 fully saturated rings. The van der Waals surface area contributed by atoms with Crippen molar-refractivity contribution >= 4 is 44.2 Å². The average molecular weight is 485 g/mol. The number of aryl methyl sites for hydroxylation is 1. The maximum Gasteiger partial charge on any atom is 0.248 e. The number of nitrogens with one attached hydrogen (secondary N) is 1. The van der Waals surface area contributed by atoms with Gasteiger partial charge in [0.25, 0.3) is 0 Å². The molecule has 0 bridgehead atoms. The molecule has 0 radical (unpaired) electrons. The van der Waals surface area contributed by atoms with E-state index in [2.05, 4.69) is 22.0 Å². The molecular weight excluding hydrogens is 460 g/mol. The van der Waals surface area contributed by atoms with Crippen LogP contribution in [0.25, 0.3) is 32.5 Å². The Bertz CT molecular complexity index is 1570. The summed E-state index contributed by atoms with van der Waals surface area (Å²) in [5.74, 6) is 1.21. The third-order valence-corrected chi connectivity index (χ3v) is 7.74. The van der Waals surface area contributed by atoms with Crippen LogP contribution in [-0.4, -0.2) is 52.4 Å². The molecule has 1 aliphatic heterocycles. The predicted molar refractivity (Wildman–Crippen MR) is 138 cm³/mol. The number of carbonyl (C=O) groups excluding carboxylic acids is 1. The summed E-state index contributed by atoms with van der Waals surface area (Å²) >= 11 is 1.72. The zero-order chi connectivity index (χ0) is 23.9. The van der Waals surface area contributed by atoms with E-state index in [4.69, 9.17) is 20.4 Å². The minimum Gasteiger partial charge on any atom is -0.378 e. The van der Waals surface area contributed by atoms with Gasteiger partial charge in [-0.05, 0) is 36.2 Å². The summed E-state index contributed by atoms with van der Waals surface area (Å²) in [4.78, 5) is 25.3. The van der Waals surface area contributed by atoms with E-state index in [1.807, 2.05) is 42.6 Å². The largest absolute Gasteiger partial charge is 0.378 e. The van der Waals surface area contributed by atoms with Gasteiger partial charge in [-0.3, -0.25) is 9.89 Å². The number of H-pyrrole nitrogens is 1. The number of morpholine rings is 1. The molecular formula is C26H24N6O2S. The fourth-order valence-electron chi connectivity index (χ4n) is 4.58. The van der Waals surface area contributed by atoms with Crippen molar-refractivity contribution in [2.45, 2.75) is 13.3 Å². The molecule has 0 spiro atoms. The Balaban J connectivity index is 1.51. The molecule has 3 N–H and O–H groups in total. The lowest BCUT2D eigenvalue weighted by Crippen LogP contribution is -2.36. The SMILES string of the molecule is Cc1c(Cc2cccc(C(N)=O)c2)sc2c(N3CCOCC3)nc(-c3cccc4[nH]ncc34)nc12. The fraction of sp³-hybridized carbons (Fsp3) is 0.231. The van der Waals surface area contributed by atoms with Gasteiger partial charge in [-0.25, -0.2) is 9.97 Å². The van der Waals surface area contributed by atoms with Crippen molar-refractivity contribution < 1.29 is 9.53 Å². The molecule has 2 aromatic carbocycles. The van der Waals surface area contributed by atoms with E-state index in [0.29, 0.717) is 31.0 Å². The van der Waals surface area contributed by atoms with E-state index < -0.39 is 5.91 Å². The Morgan fingerprint density at radius 3 is 2.83 bits per heavy atom. The van der Waals surface area contributed by atoms with Gasteiger partial charge in [0.2, 0.25) is 5.91 Å². The third-order valence-electron chi connectivity index (χ3n) is 6.46. The van der Waals surface area contributed by atoms with Gasteiger partial charge >= 0.3 is 0 Å². The number of fused-ring (bicyclic) bond motifs is 2. The Morgan fingerprint density at radius 1 is 1.17 bits per heavy atom. The number of ether oxygens (including phenoxy) is 1. The number of aromatic nitrogens is 4. The molecule has 5 aromatic rings. The molecule has 9 heteroatoms. The number of nitrogens with zero attached hydrogens (tertiary/aromatic N) is 4. The zero-order valence-electron chi connectivity index (χ0n) is 19.2. The molecule has 1 amide bonds. The molecule has 4 heterocycles. The van der Waals surface area contributed by atoms with Crippen molar-refractivity contribution in [2.24, 2.45) is 5.73 Å². The number of amides is 1. The predicted octanol–water partition coefficient (Wildman–Crippen LogP) is 4.07. The summed E-state index contributed by atoms with van der Waals surface area (Å²) in [6, 6.07) is 13.5. The monoisotopic (exact) mass is 484 g/mol. The van der Waals surface area contributed by atoms with Crippen LogP contribution < -0.4 is 10.6 Å². The summed E-state index contributed by atoms with van der Waals surface area (Å²) in [7, 11) is 0. The van der Waals surface area contributed by atoms with E-state index in [1.165, 1.54) is 4.88 Å². The molecule has 0 aliphatic carbocycles. The first-order valence-electron chi connectivity index (χ1n) is 11.5. The topological polar surface area (TPSA) is 110 Å². The van der Waals surface area contributed by atoms with Crippen LogP contribution in [0.2, 0.25) is 0 Å². The highest BCUT2D eigenvalue weighted by molar-refractivity contribution is 7.19. The molecule has 8 nitrogen and oxygen atoms in total. The normalized spacial score (nSPS) is 14.1. The smallest absolute Gasteiger partial charge is 0.248 e. The number of thiophene rings is 1. The van der Waals surface area contributed by atoms with Crippen molar-refractivity contribution in [2.75, 3.05) is 31.2 Å². The van der Waals surface area contributed by atoms with E-state index in [9.17, 15) is 4.79 Å². The molecule has 0 unspecified atom stereocenters. The van der Waals surface area contributed by atoms with Crippen molar-refractivity contribution in [1.82, 2.24) is 20.2 Å². The molecule has 1 saturated heterocycles. The van der Waals surface area contributed by atoms with Gasteiger partial charge in [0.15, 0.2) is 11.6 Å². The van der Waals surface area contributed by atoms with E-state index in [-0.39, 0.29) is 0 Å². The van der Waals surface area contributed by atoms with Crippen LogP contribution in [0.3, 0.4) is 0 Å². The number of carbonyl (C=O) groups is 1. The van der Waals surface area contributed by atoms with Crippen molar-refractivity contribution in [3.63, 3.8) is 0 Å². The maximum absolute atomic E-state index is 11.7. The van der Waals surface area contributed by atoms with Gasteiger partial charge in [-0.2, -0.15) is 5.10 Å².